The van der Waals surface area contributed by atoms with E-state index in [1.54, 1.807) is 30.3 Å². The summed E-state index contributed by atoms with van der Waals surface area (Å²) in [6, 6.07) is 4.94. The molecule has 0 saturated heterocycles. The second-order valence-electron chi connectivity index (χ2n) is 5.14. The van der Waals surface area contributed by atoms with E-state index in [2.05, 4.69) is 17.2 Å². The summed E-state index contributed by atoms with van der Waals surface area (Å²) in [6.07, 6.45) is 7.26. The Hall–Kier alpha value is -3.37. The van der Waals surface area contributed by atoms with E-state index >= 15 is 0 Å². The fourth-order valence-electron chi connectivity index (χ4n) is 2.03. The molecule has 0 radical (unpaired) electrons. The zero-order chi connectivity index (χ0) is 19.5. The maximum absolute atomic E-state index is 12.5. The van der Waals surface area contributed by atoms with Crippen LogP contribution in [0, 0.1) is 11.8 Å². The smallest absolute Gasteiger partial charge is 0.275 e. The first-order valence-corrected chi connectivity index (χ1v) is 7.78. The van der Waals surface area contributed by atoms with Crippen LogP contribution in [0.15, 0.2) is 48.6 Å². The van der Waals surface area contributed by atoms with Crippen LogP contribution in [0.2, 0.25) is 0 Å². The first-order valence-electron chi connectivity index (χ1n) is 7.78. The van der Waals surface area contributed by atoms with Crippen molar-refractivity contribution in [3.63, 3.8) is 0 Å². The van der Waals surface area contributed by atoms with Crippen LogP contribution >= 0.6 is 0 Å². The van der Waals surface area contributed by atoms with E-state index in [9.17, 15) is 14.4 Å². The number of hydrogen-bond acceptors (Lipinski definition) is 4. The van der Waals surface area contributed by atoms with Gasteiger partial charge in [-0.1, -0.05) is 30.1 Å². The van der Waals surface area contributed by atoms with Crippen molar-refractivity contribution < 1.29 is 19.6 Å². The van der Waals surface area contributed by atoms with Gasteiger partial charge in [0.15, 0.2) is 6.04 Å². The highest BCUT2D eigenvalue weighted by atomic mass is 16.5. The summed E-state index contributed by atoms with van der Waals surface area (Å²) in [7, 11) is 2.63. The molecule has 0 aromatic heterocycles. The third kappa shape index (κ3) is 5.61. The number of rotatable bonds is 5. The highest BCUT2D eigenvalue weighted by Gasteiger charge is 2.33. The summed E-state index contributed by atoms with van der Waals surface area (Å²) in [5.74, 6) is 3.51. The van der Waals surface area contributed by atoms with Gasteiger partial charge in [-0.05, 0) is 37.3 Å². The number of benzene rings is 1. The van der Waals surface area contributed by atoms with Crippen LogP contribution in [-0.4, -0.2) is 48.0 Å². The zero-order valence-corrected chi connectivity index (χ0v) is 14.8. The van der Waals surface area contributed by atoms with Crippen LogP contribution in [0.3, 0.4) is 0 Å². The van der Waals surface area contributed by atoms with Gasteiger partial charge in [0.2, 0.25) is 0 Å². The van der Waals surface area contributed by atoms with Crippen molar-refractivity contribution in [3.05, 3.63) is 59.7 Å². The molecule has 7 heteroatoms. The number of hydroxylamine groups is 1. The number of amides is 3. The van der Waals surface area contributed by atoms with Gasteiger partial charge in [0, 0.05) is 25.2 Å². The SMILES string of the molecule is C/C=C/C=C/C#Cc1ccc(C(=O)N(C)C(C(=O)NC)C(=O)NO)cc1. The molecule has 1 unspecified atom stereocenters. The van der Waals surface area contributed by atoms with Gasteiger partial charge >= 0.3 is 0 Å². The second kappa shape index (κ2) is 10.5. The lowest BCUT2D eigenvalue weighted by molar-refractivity contribution is -0.140. The van der Waals surface area contributed by atoms with Crippen molar-refractivity contribution in [1.82, 2.24) is 15.7 Å². The second-order valence-corrected chi connectivity index (χ2v) is 5.14. The summed E-state index contributed by atoms with van der Waals surface area (Å²) >= 11 is 0. The molecule has 0 heterocycles. The lowest BCUT2D eigenvalue weighted by Gasteiger charge is -2.25. The third-order valence-corrected chi connectivity index (χ3v) is 3.39. The van der Waals surface area contributed by atoms with Crippen molar-refractivity contribution in [1.29, 1.82) is 0 Å². The molecule has 1 rings (SSSR count). The van der Waals surface area contributed by atoms with Gasteiger partial charge in [0.05, 0.1) is 0 Å². The number of carbonyl (C=O) groups is 3. The van der Waals surface area contributed by atoms with E-state index < -0.39 is 23.8 Å². The lowest BCUT2D eigenvalue weighted by Crippen LogP contribution is -2.54. The van der Waals surface area contributed by atoms with Crippen LogP contribution in [0.5, 0.6) is 0 Å². The van der Waals surface area contributed by atoms with E-state index in [0.717, 1.165) is 4.90 Å². The van der Waals surface area contributed by atoms with Crippen LogP contribution in [-0.2, 0) is 9.59 Å². The molecule has 0 aliphatic carbocycles. The Labute approximate surface area is 152 Å². The molecule has 3 amide bonds. The van der Waals surface area contributed by atoms with Crippen molar-refractivity contribution >= 4 is 17.7 Å². The standard InChI is InChI=1S/C19H21N3O4/c1-4-5-6-7-8-9-14-10-12-15(13-11-14)19(25)22(3)16(17(23)20-2)18(24)21-26/h4-7,10-13,16,26H,1-3H3,(H,20,23)(H,21,24)/b5-4+,7-6+. The van der Waals surface area contributed by atoms with E-state index in [1.165, 1.54) is 19.6 Å². The number of allylic oxidation sites excluding steroid dienone is 4. The van der Waals surface area contributed by atoms with Gasteiger partial charge in [-0.25, -0.2) is 5.48 Å². The molecule has 1 aromatic rings. The predicted molar refractivity (Wildman–Crippen MR) is 97.2 cm³/mol. The quantitative estimate of drug-likeness (QED) is 0.240. The topological polar surface area (TPSA) is 98.7 Å². The summed E-state index contributed by atoms with van der Waals surface area (Å²) < 4.78 is 0. The molecule has 0 fully saturated rings. The van der Waals surface area contributed by atoms with Crippen molar-refractivity contribution in [2.75, 3.05) is 14.1 Å². The highest BCUT2D eigenvalue weighted by Crippen LogP contribution is 2.09. The van der Waals surface area contributed by atoms with E-state index in [1.807, 2.05) is 25.2 Å². The van der Waals surface area contributed by atoms with E-state index in [0.29, 0.717) is 5.56 Å². The van der Waals surface area contributed by atoms with Crippen LogP contribution in [0.25, 0.3) is 0 Å². The Morgan fingerprint density at radius 2 is 1.81 bits per heavy atom. The minimum atomic E-state index is -1.49. The molecular formula is C19H21N3O4. The number of hydrogen-bond donors (Lipinski definition) is 3. The summed E-state index contributed by atoms with van der Waals surface area (Å²) in [6.45, 7) is 1.91. The fourth-order valence-corrected chi connectivity index (χ4v) is 2.03. The summed E-state index contributed by atoms with van der Waals surface area (Å²) in [4.78, 5) is 37.0. The Morgan fingerprint density at radius 3 is 2.35 bits per heavy atom. The normalized spacial score (nSPS) is 11.5. The fraction of sp³-hybridized carbons (Fsp3) is 0.211. The predicted octanol–water partition coefficient (Wildman–Crippen LogP) is 0.862. The summed E-state index contributed by atoms with van der Waals surface area (Å²) in [5.41, 5.74) is 2.38. The van der Waals surface area contributed by atoms with Gasteiger partial charge in [0.25, 0.3) is 17.7 Å². The number of likely N-dealkylation sites (N-methyl/N-ethyl adjacent to an activating group) is 2. The van der Waals surface area contributed by atoms with Crippen LogP contribution in [0.1, 0.15) is 22.8 Å². The van der Waals surface area contributed by atoms with Crippen molar-refractivity contribution in [3.8, 4) is 11.8 Å². The average Bonchev–Trinajstić information content (AvgIpc) is 2.67. The molecule has 1 atom stereocenters. The average molecular weight is 355 g/mol. The Balaban J connectivity index is 2.95. The first-order chi connectivity index (χ1) is 12.5. The van der Waals surface area contributed by atoms with Crippen molar-refractivity contribution in [2.45, 2.75) is 13.0 Å². The van der Waals surface area contributed by atoms with Gasteiger partial charge in [-0.15, -0.1) is 0 Å². The number of carbonyl (C=O) groups excluding carboxylic acids is 3. The van der Waals surface area contributed by atoms with Gasteiger partial charge in [-0.3, -0.25) is 19.6 Å². The molecule has 26 heavy (non-hydrogen) atoms. The zero-order valence-electron chi connectivity index (χ0n) is 14.8. The minimum absolute atomic E-state index is 0.280. The Kier molecular flexibility index (Phi) is 8.34. The molecular weight excluding hydrogens is 334 g/mol. The third-order valence-electron chi connectivity index (χ3n) is 3.39. The molecule has 0 saturated carbocycles. The van der Waals surface area contributed by atoms with Gasteiger partial charge in [0.1, 0.15) is 0 Å². The van der Waals surface area contributed by atoms with Gasteiger partial charge in [-0.2, -0.15) is 0 Å². The van der Waals surface area contributed by atoms with Crippen LogP contribution in [0.4, 0.5) is 0 Å². The molecule has 7 nitrogen and oxygen atoms in total. The maximum atomic E-state index is 12.5. The molecule has 1 aromatic carbocycles. The Bertz CT molecular complexity index is 754. The molecule has 0 spiro atoms. The van der Waals surface area contributed by atoms with E-state index in [-0.39, 0.29) is 5.56 Å². The lowest BCUT2D eigenvalue weighted by atomic mass is 10.1. The number of nitrogens with one attached hydrogen (secondary N) is 2. The molecule has 3 N–H and O–H groups in total. The molecule has 0 bridgehead atoms. The highest BCUT2D eigenvalue weighted by molar-refractivity contribution is 6.08. The van der Waals surface area contributed by atoms with Gasteiger partial charge < -0.3 is 10.2 Å². The van der Waals surface area contributed by atoms with Crippen LogP contribution < -0.4 is 10.8 Å². The largest absolute Gasteiger partial charge is 0.357 e. The number of nitrogens with zero attached hydrogens (tertiary/aromatic N) is 1. The molecule has 0 aliphatic rings. The minimum Gasteiger partial charge on any atom is -0.357 e. The monoisotopic (exact) mass is 355 g/mol. The molecule has 0 aliphatic heterocycles. The molecule has 136 valence electrons. The van der Waals surface area contributed by atoms with E-state index in [4.69, 9.17) is 5.21 Å². The summed E-state index contributed by atoms with van der Waals surface area (Å²) in [5, 5.41) is 11.1. The Morgan fingerprint density at radius 1 is 1.15 bits per heavy atom. The van der Waals surface area contributed by atoms with Crippen molar-refractivity contribution in [2.24, 2.45) is 0 Å². The first kappa shape index (κ1) is 20.7. The maximum Gasteiger partial charge on any atom is 0.275 e.